The molecule has 134 valence electrons. The minimum absolute atomic E-state index is 0.416. The maximum absolute atomic E-state index is 4.36. The first-order chi connectivity index (χ1) is 11.7. The quantitative estimate of drug-likeness (QED) is 0.596. The predicted molar refractivity (Wildman–Crippen MR) is 104 cm³/mol. The first-order valence-electron chi connectivity index (χ1n) is 9.37. The number of likely N-dealkylation sites (tertiary alicyclic amines) is 1. The molecule has 0 spiro atoms. The number of aryl methyl sites for hydroxylation is 1. The van der Waals surface area contributed by atoms with E-state index in [9.17, 15) is 0 Å². The van der Waals surface area contributed by atoms with Crippen molar-refractivity contribution in [2.75, 3.05) is 33.7 Å². The van der Waals surface area contributed by atoms with Gasteiger partial charge in [-0.25, -0.2) is 0 Å². The molecule has 2 N–H and O–H groups in total. The molecule has 0 bridgehead atoms. The number of aliphatic imine (C=N–C) groups is 1. The Hall–Kier alpha value is -1.55. The van der Waals surface area contributed by atoms with Crippen LogP contribution in [-0.4, -0.2) is 50.6 Å². The monoisotopic (exact) mass is 330 g/mol. The summed E-state index contributed by atoms with van der Waals surface area (Å²) in [7, 11) is 4.08. The van der Waals surface area contributed by atoms with Crippen LogP contribution in [0.4, 0.5) is 0 Å². The number of hydrogen-bond acceptors (Lipinski definition) is 2. The lowest BCUT2D eigenvalue weighted by Crippen LogP contribution is -2.43. The molecule has 0 aliphatic carbocycles. The Labute approximate surface area is 147 Å². The average molecular weight is 331 g/mol. The second-order valence-electron chi connectivity index (χ2n) is 7.10. The standard InChI is InChI=1S/C20H34N4/c1-17(9-10-18-7-5-4-6-8-18)23-20(21-2)22-14-11-19-12-15-24(3)16-13-19/h4-8,17,19H,9-16H2,1-3H3,(H2,21,22,23). The lowest BCUT2D eigenvalue weighted by molar-refractivity contribution is 0.213. The fourth-order valence-electron chi connectivity index (χ4n) is 3.27. The molecule has 1 aliphatic rings. The number of benzene rings is 1. The van der Waals surface area contributed by atoms with Crippen molar-refractivity contribution in [1.82, 2.24) is 15.5 Å². The molecular weight excluding hydrogens is 296 g/mol. The van der Waals surface area contributed by atoms with Crippen molar-refractivity contribution in [2.24, 2.45) is 10.9 Å². The average Bonchev–Trinajstić information content (AvgIpc) is 2.61. The third-order valence-corrected chi connectivity index (χ3v) is 5.00. The molecule has 1 fully saturated rings. The number of guanidine groups is 1. The molecule has 1 heterocycles. The minimum atomic E-state index is 0.416. The van der Waals surface area contributed by atoms with Crippen molar-refractivity contribution in [3.63, 3.8) is 0 Å². The molecule has 0 radical (unpaired) electrons. The van der Waals surface area contributed by atoms with Crippen LogP contribution in [0.2, 0.25) is 0 Å². The highest BCUT2D eigenvalue weighted by Crippen LogP contribution is 2.18. The van der Waals surface area contributed by atoms with Crippen LogP contribution in [0.1, 0.15) is 38.2 Å². The summed E-state index contributed by atoms with van der Waals surface area (Å²) in [6.45, 7) is 5.73. The van der Waals surface area contributed by atoms with Gasteiger partial charge in [0.05, 0.1) is 0 Å². The van der Waals surface area contributed by atoms with Crippen LogP contribution < -0.4 is 10.6 Å². The highest BCUT2D eigenvalue weighted by molar-refractivity contribution is 5.79. The van der Waals surface area contributed by atoms with Gasteiger partial charge in [-0.1, -0.05) is 30.3 Å². The molecular formula is C20H34N4. The van der Waals surface area contributed by atoms with Gasteiger partial charge in [-0.2, -0.15) is 0 Å². The second-order valence-corrected chi connectivity index (χ2v) is 7.10. The van der Waals surface area contributed by atoms with E-state index in [2.05, 4.69) is 64.8 Å². The number of rotatable bonds is 7. The zero-order valence-electron chi connectivity index (χ0n) is 15.6. The summed E-state index contributed by atoms with van der Waals surface area (Å²) >= 11 is 0. The van der Waals surface area contributed by atoms with Crippen LogP contribution in [0.5, 0.6) is 0 Å². The molecule has 1 aromatic rings. The van der Waals surface area contributed by atoms with Crippen molar-refractivity contribution < 1.29 is 0 Å². The van der Waals surface area contributed by atoms with E-state index in [4.69, 9.17) is 0 Å². The predicted octanol–water partition coefficient (Wildman–Crippen LogP) is 2.90. The van der Waals surface area contributed by atoms with E-state index in [1.165, 1.54) is 37.9 Å². The van der Waals surface area contributed by atoms with Crippen LogP contribution in [0.15, 0.2) is 35.3 Å². The molecule has 1 aromatic carbocycles. The van der Waals surface area contributed by atoms with Crippen LogP contribution >= 0.6 is 0 Å². The third kappa shape index (κ3) is 6.91. The lowest BCUT2D eigenvalue weighted by atomic mass is 9.94. The summed E-state index contributed by atoms with van der Waals surface area (Å²) < 4.78 is 0. The highest BCUT2D eigenvalue weighted by atomic mass is 15.2. The Bertz CT molecular complexity index is 478. The highest BCUT2D eigenvalue weighted by Gasteiger charge is 2.16. The first kappa shape index (κ1) is 18.8. The van der Waals surface area contributed by atoms with Gasteiger partial charge in [0.2, 0.25) is 0 Å². The van der Waals surface area contributed by atoms with Gasteiger partial charge < -0.3 is 15.5 Å². The molecule has 24 heavy (non-hydrogen) atoms. The molecule has 1 saturated heterocycles. The summed E-state index contributed by atoms with van der Waals surface area (Å²) in [5, 5.41) is 6.99. The molecule has 4 nitrogen and oxygen atoms in total. The van der Waals surface area contributed by atoms with Gasteiger partial charge in [0.15, 0.2) is 5.96 Å². The Morgan fingerprint density at radius 2 is 1.96 bits per heavy atom. The van der Waals surface area contributed by atoms with E-state index in [1.54, 1.807) is 0 Å². The number of nitrogens with zero attached hydrogens (tertiary/aromatic N) is 2. The molecule has 0 aromatic heterocycles. The third-order valence-electron chi connectivity index (χ3n) is 5.00. The molecule has 2 rings (SSSR count). The zero-order chi connectivity index (χ0) is 17.2. The summed E-state index contributed by atoms with van der Waals surface area (Å²) in [4.78, 5) is 6.79. The van der Waals surface area contributed by atoms with Gasteiger partial charge in [0, 0.05) is 19.6 Å². The molecule has 0 saturated carbocycles. The normalized spacial score (nSPS) is 18.4. The zero-order valence-corrected chi connectivity index (χ0v) is 15.6. The van der Waals surface area contributed by atoms with E-state index in [0.717, 1.165) is 31.3 Å². The number of hydrogen-bond donors (Lipinski definition) is 2. The number of piperidine rings is 1. The van der Waals surface area contributed by atoms with E-state index in [0.29, 0.717) is 6.04 Å². The fraction of sp³-hybridized carbons (Fsp3) is 0.650. The Kier molecular flexibility index (Phi) is 8.10. The smallest absolute Gasteiger partial charge is 0.191 e. The Morgan fingerprint density at radius 3 is 2.62 bits per heavy atom. The van der Waals surface area contributed by atoms with Crippen molar-refractivity contribution >= 4 is 5.96 Å². The summed E-state index contributed by atoms with van der Waals surface area (Å²) in [6, 6.07) is 11.1. The Balaban J connectivity index is 1.62. The second kappa shape index (κ2) is 10.3. The summed E-state index contributed by atoms with van der Waals surface area (Å²) in [6.07, 6.45) is 6.11. The maximum atomic E-state index is 4.36. The van der Waals surface area contributed by atoms with Gasteiger partial charge in [-0.3, -0.25) is 4.99 Å². The van der Waals surface area contributed by atoms with Gasteiger partial charge in [-0.05, 0) is 70.6 Å². The van der Waals surface area contributed by atoms with Crippen molar-refractivity contribution in [3.05, 3.63) is 35.9 Å². The summed E-state index contributed by atoms with van der Waals surface area (Å²) in [5.41, 5.74) is 1.40. The largest absolute Gasteiger partial charge is 0.356 e. The molecule has 1 unspecified atom stereocenters. The maximum Gasteiger partial charge on any atom is 0.191 e. The van der Waals surface area contributed by atoms with Crippen molar-refractivity contribution in [2.45, 2.75) is 45.1 Å². The van der Waals surface area contributed by atoms with Gasteiger partial charge in [0.25, 0.3) is 0 Å². The van der Waals surface area contributed by atoms with E-state index >= 15 is 0 Å². The minimum Gasteiger partial charge on any atom is -0.356 e. The SMILES string of the molecule is CN=C(NCCC1CCN(C)CC1)NC(C)CCc1ccccc1. The van der Waals surface area contributed by atoms with Crippen molar-refractivity contribution in [3.8, 4) is 0 Å². The summed E-state index contributed by atoms with van der Waals surface area (Å²) in [5.74, 6) is 1.80. The lowest BCUT2D eigenvalue weighted by Gasteiger charge is -2.29. The van der Waals surface area contributed by atoms with Crippen LogP contribution in [0.3, 0.4) is 0 Å². The Morgan fingerprint density at radius 1 is 1.25 bits per heavy atom. The van der Waals surface area contributed by atoms with Gasteiger partial charge in [-0.15, -0.1) is 0 Å². The van der Waals surface area contributed by atoms with E-state index < -0.39 is 0 Å². The molecule has 1 aliphatic heterocycles. The van der Waals surface area contributed by atoms with Crippen LogP contribution in [0.25, 0.3) is 0 Å². The fourth-order valence-corrected chi connectivity index (χ4v) is 3.27. The van der Waals surface area contributed by atoms with Gasteiger partial charge >= 0.3 is 0 Å². The molecule has 4 heteroatoms. The van der Waals surface area contributed by atoms with E-state index in [1.807, 2.05) is 7.05 Å². The molecule has 0 amide bonds. The van der Waals surface area contributed by atoms with Crippen LogP contribution in [-0.2, 0) is 6.42 Å². The van der Waals surface area contributed by atoms with E-state index in [-0.39, 0.29) is 0 Å². The van der Waals surface area contributed by atoms with Crippen molar-refractivity contribution in [1.29, 1.82) is 0 Å². The van der Waals surface area contributed by atoms with Gasteiger partial charge in [0.1, 0.15) is 0 Å². The van der Waals surface area contributed by atoms with Crippen LogP contribution in [0, 0.1) is 5.92 Å². The molecule has 1 atom stereocenters. The topological polar surface area (TPSA) is 39.7 Å². The number of nitrogens with one attached hydrogen (secondary N) is 2. The first-order valence-corrected chi connectivity index (χ1v) is 9.37.